The maximum Gasteiger partial charge on any atom is 0.407 e. The summed E-state index contributed by atoms with van der Waals surface area (Å²) in [6.07, 6.45) is 3.92. The molecule has 2 fully saturated rings. The standard InChI is InChI=1S/C40H50N8O6.2ClH/c1-23(2)33(45-39(51)53-5)37(49)47-19-7-9-31(47)35-41-21-29(43-35)27-15-11-25(12-16-27)26-13-17-28(18-14-26)30-22-42-36(44-30)32-10-8-20-48(32)38(50)34(24(3)4)46-40(52)54-6;;/h11-18,21-24,31-34H,7-10,19-20H2,1-6H3,(H,41,43)(H,42,44)(H,45,51)(H,46,52);2*1H/t31-,32-,33-,34-;;/m0../s1/i5D3,6D3;;. The second-order valence-electron chi connectivity index (χ2n) is 14.4. The number of benzene rings is 2. The normalized spacial score (nSPS) is 19.5. The third kappa shape index (κ3) is 9.47. The lowest BCUT2D eigenvalue weighted by Crippen LogP contribution is -2.51. The summed E-state index contributed by atoms with van der Waals surface area (Å²) in [5, 5.41) is 4.86. The third-order valence-electron chi connectivity index (χ3n) is 10.2. The molecule has 4 N–H and O–H groups in total. The van der Waals surface area contributed by atoms with Crippen molar-refractivity contribution in [2.75, 3.05) is 27.2 Å². The summed E-state index contributed by atoms with van der Waals surface area (Å²) in [6, 6.07) is 13.3. The minimum atomic E-state index is -2.93. The van der Waals surface area contributed by atoms with Gasteiger partial charge in [0.15, 0.2) is 0 Å². The molecule has 4 heterocycles. The largest absolute Gasteiger partial charge is 0.453 e. The molecule has 2 aliphatic rings. The van der Waals surface area contributed by atoms with Crippen molar-refractivity contribution in [1.82, 2.24) is 40.4 Å². The quantitative estimate of drug-likeness (QED) is 0.124. The Kier molecular flexibility index (Phi) is 12.1. The fourth-order valence-corrected chi connectivity index (χ4v) is 7.32. The van der Waals surface area contributed by atoms with Gasteiger partial charge in [0.05, 0.1) is 58.2 Å². The summed E-state index contributed by atoms with van der Waals surface area (Å²) in [5.74, 6) is -0.0878. The number of likely N-dealkylation sites (tertiary alicyclic amines) is 2. The molecule has 0 unspecified atom stereocenters. The maximum atomic E-state index is 13.6. The maximum absolute atomic E-state index is 13.6. The zero-order chi connectivity index (χ0) is 43.5. The van der Waals surface area contributed by atoms with Gasteiger partial charge in [0.25, 0.3) is 0 Å². The minimum Gasteiger partial charge on any atom is -0.453 e. The number of halogens is 2. The van der Waals surface area contributed by atoms with Crippen LogP contribution in [0, 0.1) is 11.8 Å². The summed E-state index contributed by atoms with van der Waals surface area (Å²) < 4.78 is 52.0. The highest BCUT2D eigenvalue weighted by atomic mass is 35.5. The van der Waals surface area contributed by atoms with Crippen LogP contribution >= 0.6 is 24.8 Å². The average Bonchev–Trinajstić information content (AvgIpc) is 4.01. The van der Waals surface area contributed by atoms with Crippen LogP contribution in [0.2, 0.25) is 0 Å². The van der Waals surface area contributed by atoms with Crippen molar-refractivity contribution in [2.24, 2.45) is 11.8 Å². The number of carbonyl (C=O) groups is 4. The van der Waals surface area contributed by atoms with Crippen LogP contribution in [0.3, 0.4) is 0 Å². The number of imidazole rings is 2. The summed E-state index contributed by atoms with van der Waals surface area (Å²) in [4.78, 5) is 71.0. The van der Waals surface area contributed by atoms with Gasteiger partial charge in [-0.1, -0.05) is 76.2 Å². The first-order chi connectivity index (χ1) is 28.3. The Hall–Kier alpha value is -5.08. The Balaban J connectivity index is 0.00000422. The molecule has 0 bridgehead atoms. The van der Waals surface area contributed by atoms with Crippen LogP contribution in [0.1, 0.15) is 85.3 Å². The SMILES string of the molecule is Cl.Cl.[2H]C([2H])([2H])OC(=O)N[C@H](C(=O)N1CCC[C@H]1c1ncc(-c2ccc(-c3ccc(-c4cnc([C@@H]5CCCN5C(=O)[C@@H](NC(=O)OC([2H])([2H])[2H])C(C)C)[nH]4)cc3)cc2)[nH]1)C(C)C. The average molecular weight is 818 g/mol. The molecule has 16 heteroatoms. The number of aromatic amines is 2. The van der Waals surface area contributed by atoms with Crippen LogP contribution in [-0.4, -0.2) is 93.0 Å². The molecule has 302 valence electrons. The van der Waals surface area contributed by atoms with Crippen molar-refractivity contribution in [1.29, 1.82) is 0 Å². The van der Waals surface area contributed by atoms with Gasteiger partial charge in [-0.3, -0.25) is 9.59 Å². The molecule has 2 saturated heterocycles. The lowest BCUT2D eigenvalue weighted by molar-refractivity contribution is -0.136. The van der Waals surface area contributed by atoms with Crippen molar-refractivity contribution in [3.05, 3.63) is 72.6 Å². The van der Waals surface area contributed by atoms with E-state index < -0.39 is 38.3 Å². The molecule has 56 heavy (non-hydrogen) atoms. The highest BCUT2D eigenvalue weighted by molar-refractivity contribution is 5.87. The summed E-state index contributed by atoms with van der Waals surface area (Å²) >= 11 is 0. The number of aromatic nitrogens is 4. The predicted octanol–water partition coefficient (Wildman–Crippen LogP) is 7.07. The van der Waals surface area contributed by atoms with Crippen LogP contribution in [0.4, 0.5) is 9.59 Å². The van der Waals surface area contributed by atoms with Gasteiger partial charge in [-0.15, -0.1) is 24.8 Å². The number of nitrogens with zero attached hydrogens (tertiary/aromatic N) is 4. The number of alkyl carbamates (subject to hydrolysis) is 2. The van der Waals surface area contributed by atoms with E-state index in [9.17, 15) is 19.2 Å². The molecular weight excluding hydrogens is 759 g/mol. The van der Waals surface area contributed by atoms with Gasteiger partial charge < -0.3 is 39.9 Å². The molecule has 0 saturated carbocycles. The third-order valence-corrected chi connectivity index (χ3v) is 10.2. The summed E-state index contributed by atoms with van der Waals surface area (Å²) in [6.45, 7) is 7.98. The second kappa shape index (κ2) is 19.2. The molecular formula is C40H52Cl2N8O6. The molecule has 2 aromatic carbocycles. The smallest absolute Gasteiger partial charge is 0.407 e. The van der Waals surface area contributed by atoms with Crippen molar-refractivity contribution in [2.45, 2.75) is 77.5 Å². The van der Waals surface area contributed by atoms with Crippen molar-refractivity contribution >= 4 is 48.8 Å². The lowest BCUT2D eigenvalue weighted by atomic mass is 10.0. The van der Waals surface area contributed by atoms with Crippen LogP contribution in [0.25, 0.3) is 33.6 Å². The molecule has 4 atom stereocenters. The van der Waals surface area contributed by atoms with Crippen LogP contribution < -0.4 is 10.6 Å². The van der Waals surface area contributed by atoms with Gasteiger partial charge in [0.1, 0.15) is 23.7 Å². The Bertz CT molecular complexity index is 2010. The number of hydrogen-bond acceptors (Lipinski definition) is 8. The Morgan fingerprint density at radius 1 is 0.661 bits per heavy atom. The number of rotatable bonds is 11. The topological polar surface area (TPSA) is 175 Å². The molecule has 0 radical (unpaired) electrons. The molecule has 0 aliphatic carbocycles. The van der Waals surface area contributed by atoms with Gasteiger partial charge in [-0.2, -0.15) is 0 Å². The number of nitrogens with one attached hydrogen (secondary N) is 4. The van der Waals surface area contributed by atoms with Crippen molar-refractivity contribution < 1.29 is 36.9 Å². The zero-order valence-electron chi connectivity index (χ0n) is 37.5. The van der Waals surface area contributed by atoms with E-state index in [0.29, 0.717) is 37.6 Å². The minimum absolute atomic E-state index is 0. The van der Waals surface area contributed by atoms with Crippen LogP contribution in [0.5, 0.6) is 0 Å². The molecule has 4 amide bonds. The molecule has 4 aromatic rings. The number of ether oxygens (including phenoxy) is 2. The van der Waals surface area contributed by atoms with E-state index in [1.54, 1.807) is 49.9 Å². The van der Waals surface area contributed by atoms with E-state index in [-0.39, 0.29) is 60.5 Å². The highest BCUT2D eigenvalue weighted by Gasteiger charge is 2.39. The van der Waals surface area contributed by atoms with E-state index in [0.717, 1.165) is 46.5 Å². The number of H-pyrrole nitrogens is 2. The fourth-order valence-electron chi connectivity index (χ4n) is 7.32. The first-order valence-corrected chi connectivity index (χ1v) is 18.2. The number of amides is 4. The van der Waals surface area contributed by atoms with E-state index in [4.69, 9.17) is 8.22 Å². The van der Waals surface area contributed by atoms with Gasteiger partial charge in [-0.25, -0.2) is 19.6 Å². The van der Waals surface area contributed by atoms with Gasteiger partial charge in [-0.05, 0) is 59.8 Å². The van der Waals surface area contributed by atoms with Crippen molar-refractivity contribution in [3.8, 4) is 33.6 Å². The number of hydrogen-bond donors (Lipinski definition) is 4. The number of carbonyl (C=O) groups excluding carboxylic acids is 4. The Labute approximate surface area is 348 Å². The van der Waals surface area contributed by atoms with Crippen molar-refractivity contribution in [3.63, 3.8) is 0 Å². The molecule has 14 nitrogen and oxygen atoms in total. The molecule has 2 aromatic heterocycles. The van der Waals surface area contributed by atoms with E-state index in [1.165, 1.54) is 0 Å². The van der Waals surface area contributed by atoms with E-state index >= 15 is 0 Å². The fraction of sp³-hybridized carbons (Fsp3) is 0.450. The first kappa shape index (κ1) is 35.3. The number of methoxy groups -OCH3 is 2. The van der Waals surface area contributed by atoms with E-state index in [1.807, 2.05) is 48.5 Å². The molecule has 0 spiro atoms. The lowest BCUT2D eigenvalue weighted by Gasteiger charge is -2.30. The highest BCUT2D eigenvalue weighted by Crippen LogP contribution is 2.35. The summed E-state index contributed by atoms with van der Waals surface area (Å²) in [5.41, 5.74) is 5.32. The summed E-state index contributed by atoms with van der Waals surface area (Å²) in [7, 11) is -5.85. The van der Waals surface area contributed by atoms with Gasteiger partial charge in [0, 0.05) is 13.1 Å². The van der Waals surface area contributed by atoms with Crippen LogP contribution in [0.15, 0.2) is 60.9 Å². The molecule has 2 aliphatic heterocycles. The first-order valence-electron chi connectivity index (χ1n) is 21.2. The Morgan fingerprint density at radius 2 is 1.02 bits per heavy atom. The monoisotopic (exact) mass is 816 g/mol. The van der Waals surface area contributed by atoms with Gasteiger partial charge >= 0.3 is 12.2 Å². The second-order valence-corrected chi connectivity index (χ2v) is 14.4. The predicted molar refractivity (Wildman–Crippen MR) is 217 cm³/mol. The van der Waals surface area contributed by atoms with Gasteiger partial charge in [0.2, 0.25) is 11.8 Å². The zero-order valence-corrected chi connectivity index (χ0v) is 33.2. The van der Waals surface area contributed by atoms with E-state index in [2.05, 4.69) is 40.0 Å². The van der Waals surface area contributed by atoms with Crippen LogP contribution in [-0.2, 0) is 19.1 Å². The molecule has 6 rings (SSSR count). The Morgan fingerprint density at radius 3 is 1.36 bits per heavy atom.